The van der Waals surface area contributed by atoms with Gasteiger partial charge in [-0.1, -0.05) is 0 Å². The molecular weight excluding hydrogens is 146 g/mol. The van der Waals surface area contributed by atoms with Crippen molar-refractivity contribution in [3.63, 3.8) is 0 Å². The Morgan fingerprint density at radius 2 is 2.45 bits per heavy atom. The van der Waals surface area contributed by atoms with E-state index in [0.717, 1.165) is 0 Å². The smallest absolute Gasteiger partial charge is 0.231 e. The Labute approximate surface area is 63.4 Å². The van der Waals surface area contributed by atoms with Gasteiger partial charge >= 0.3 is 0 Å². The van der Waals surface area contributed by atoms with Crippen LogP contribution in [0.15, 0.2) is 11.8 Å². The Balaban J connectivity index is 2.09. The maximum atomic E-state index is 10.8. The number of hydrogen-bond donors (Lipinski definition) is 0. The number of carbonyl (C=O) groups is 2. The topological polar surface area (TPSA) is 46.6 Å². The number of β-lactam (4-membered cyclic amide) rings is 1. The number of hydrogen-bond acceptors (Lipinski definition) is 3. The van der Waals surface area contributed by atoms with Crippen molar-refractivity contribution in [3.05, 3.63) is 11.8 Å². The molecule has 0 aromatic heterocycles. The van der Waals surface area contributed by atoms with E-state index in [2.05, 4.69) is 0 Å². The van der Waals surface area contributed by atoms with Gasteiger partial charge in [0.05, 0.1) is 13.0 Å². The summed E-state index contributed by atoms with van der Waals surface area (Å²) in [5.41, 5.74) is 0. The zero-order chi connectivity index (χ0) is 7.84. The van der Waals surface area contributed by atoms with Crippen LogP contribution in [0, 0.1) is 0 Å². The summed E-state index contributed by atoms with van der Waals surface area (Å²) in [6, 6.07) is 0. The zero-order valence-corrected chi connectivity index (χ0v) is 5.82. The van der Waals surface area contributed by atoms with Gasteiger partial charge in [0.2, 0.25) is 5.91 Å². The lowest BCUT2D eigenvalue weighted by molar-refractivity contribution is -0.153. The molecule has 4 nitrogen and oxygen atoms in total. The number of fused-ring (bicyclic) bond motifs is 1. The summed E-state index contributed by atoms with van der Waals surface area (Å²) in [7, 11) is 0. The standard InChI is InChI=1S/C7H7NO3/c9-2-1-5-4-8-6(10)3-7(8)11-5/h1-2,7H,3-4H2/t7-/m1/s1. The Hall–Kier alpha value is -1.32. The van der Waals surface area contributed by atoms with Crippen molar-refractivity contribution >= 4 is 12.2 Å². The van der Waals surface area contributed by atoms with E-state index in [1.54, 1.807) is 4.90 Å². The molecule has 0 aliphatic carbocycles. The van der Waals surface area contributed by atoms with E-state index in [4.69, 9.17) is 4.74 Å². The van der Waals surface area contributed by atoms with Crippen LogP contribution in [0.4, 0.5) is 0 Å². The highest BCUT2D eigenvalue weighted by molar-refractivity contribution is 5.83. The molecule has 0 aromatic rings. The van der Waals surface area contributed by atoms with Crippen LogP contribution in [0.3, 0.4) is 0 Å². The quantitative estimate of drug-likeness (QED) is 0.294. The molecule has 0 spiro atoms. The minimum atomic E-state index is -0.0892. The molecule has 0 bridgehead atoms. The SMILES string of the molecule is O=CC=C1CN2C(=O)C[C@H]2O1. The van der Waals surface area contributed by atoms with Gasteiger partial charge in [-0.15, -0.1) is 0 Å². The number of carbonyl (C=O) groups excluding carboxylic acids is 2. The molecule has 4 heteroatoms. The van der Waals surface area contributed by atoms with Gasteiger partial charge in [-0.2, -0.15) is 0 Å². The molecule has 0 radical (unpaired) electrons. The lowest BCUT2D eigenvalue weighted by Gasteiger charge is -2.30. The van der Waals surface area contributed by atoms with E-state index < -0.39 is 0 Å². The van der Waals surface area contributed by atoms with Crippen molar-refractivity contribution in [2.24, 2.45) is 0 Å². The Kier molecular flexibility index (Phi) is 1.21. The molecule has 58 valence electrons. The third-order valence-electron chi connectivity index (χ3n) is 1.88. The first-order valence-corrected chi connectivity index (χ1v) is 3.42. The van der Waals surface area contributed by atoms with Gasteiger partial charge in [-0.05, 0) is 0 Å². The highest BCUT2D eigenvalue weighted by Crippen LogP contribution is 2.29. The summed E-state index contributed by atoms with van der Waals surface area (Å²) in [4.78, 5) is 22.4. The Bertz CT molecular complexity index is 246. The normalized spacial score (nSPS) is 31.3. The van der Waals surface area contributed by atoms with Crippen molar-refractivity contribution in [1.82, 2.24) is 4.90 Å². The summed E-state index contributed by atoms with van der Waals surface area (Å²) in [6.07, 6.45) is 2.39. The van der Waals surface area contributed by atoms with Crippen LogP contribution in [-0.2, 0) is 14.3 Å². The van der Waals surface area contributed by atoms with Crippen molar-refractivity contribution in [2.45, 2.75) is 12.6 Å². The van der Waals surface area contributed by atoms with Gasteiger partial charge in [-0.25, -0.2) is 0 Å². The molecule has 2 aliphatic heterocycles. The summed E-state index contributed by atoms with van der Waals surface area (Å²) < 4.78 is 5.21. The molecular formula is C7H7NO3. The van der Waals surface area contributed by atoms with E-state index >= 15 is 0 Å². The van der Waals surface area contributed by atoms with Crippen LogP contribution in [0.1, 0.15) is 6.42 Å². The number of rotatable bonds is 1. The van der Waals surface area contributed by atoms with E-state index in [9.17, 15) is 9.59 Å². The van der Waals surface area contributed by atoms with Gasteiger partial charge in [0, 0.05) is 6.08 Å². The first-order valence-electron chi connectivity index (χ1n) is 3.42. The maximum absolute atomic E-state index is 10.8. The first kappa shape index (κ1) is 6.39. The monoisotopic (exact) mass is 153 g/mol. The van der Waals surface area contributed by atoms with Crippen molar-refractivity contribution in [1.29, 1.82) is 0 Å². The molecule has 11 heavy (non-hydrogen) atoms. The van der Waals surface area contributed by atoms with E-state index in [1.165, 1.54) is 6.08 Å². The van der Waals surface area contributed by atoms with Crippen LogP contribution in [0.25, 0.3) is 0 Å². The lowest BCUT2D eigenvalue weighted by atomic mass is 10.2. The molecule has 0 N–H and O–H groups in total. The van der Waals surface area contributed by atoms with Crippen molar-refractivity contribution < 1.29 is 14.3 Å². The van der Waals surface area contributed by atoms with Crippen LogP contribution in [-0.4, -0.2) is 29.9 Å². The van der Waals surface area contributed by atoms with E-state index in [1.807, 2.05) is 0 Å². The largest absolute Gasteiger partial charge is 0.472 e. The molecule has 1 atom stereocenters. The number of allylic oxidation sites excluding steroid dienone is 1. The van der Waals surface area contributed by atoms with Gasteiger partial charge in [0.1, 0.15) is 12.0 Å². The molecule has 0 unspecified atom stereocenters. The van der Waals surface area contributed by atoms with Crippen LogP contribution >= 0.6 is 0 Å². The predicted octanol–water partition coefficient (Wildman–Crippen LogP) is -0.342. The second-order valence-corrected chi connectivity index (χ2v) is 2.57. The van der Waals surface area contributed by atoms with Crippen molar-refractivity contribution in [3.8, 4) is 0 Å². The Morgan fingerprint density at radius 3 is 3.00 bits per heavy atom. The molecule has 0 aromatic carbocycles. The second kappa shape index (κ2) is 2.08. The zero-order valence-electron chi connectivity index (χ0n) is 5.82. The molecule has 2 rings (SSSR count). The number of amides is 1. The van der Waals surface area contributed by atoms with E-state index in [-0.39, 0.29) is 12.1 Å². The summed E-state index contributed by atoms with van der Waals surface area (Å²) >= 11 is 0. The third-order valence-corrected chi connectivity index (χ3v) is 1.88. The summed E-state index contributed by atoms with van der Waals surface area (Å²) in [5, 5.41) is 0. The maximum Gasteiger partial charge on any atom is 0.231 e. The number of nitrogens with zero attached hydrogens (tertiary/aromatic N) is 1. The minimum absolute atomic E-state index is 0.0892. The van der Waals surface area contributed by atoms with Crippen LogP contribution < -0.4 is 0 Å². The lowest BCUT2D eigenvalue weighted by Crippen LogP contribution is -2.48. The number of aldehydes is 1. The van der Waals surface area contributed by atoms with Gasteiger partial charge in [-0.3, -0.25) is 14.5 Å². The van der Waals surface area contributed by atoms with Gasteiger partial charge in [0.15, 0.2) is 6.23 Å². The highest BCUT2D eigenvalue weighted by Gasteiger charge is 2.43. The molecule has 2 heterocycles. The molecule has 1 amide bonds. The predicted molar refractivity (Wildman–Crippen MR) is 35.4 cm³/mol. The second-order valence-electron chi connectivity index (χ2n) is 2.57. The highest BCUT2D eigenvalue weighted by atomic mass is 16.5. The van der Waals surface area contributed by atoms with Gasteiger partial charge in [0.25, 0.3) is 0 Å². The first-order chi connectivity index (χ1) is 5.31. The summed E-state index contributed by atoms with van der Waals surface area (Å²) in [6.45, 7) is 0.461. The fourth-order valence-corrected chi connectivity index (χ4v) is 1.27. The van der Waals surface area contributed by atoms with Crippen molar-refractivity contribution in [2.75, 3.05) is 6.54 Å². The van der Waals surface area contributed by atoms with Crippen LogP contribution in [0.5, 0.6) is 0 Å². The number of ether oxygens (including phenoxy) is 1. The average Bonchev–Trinajstić information content (AvgIpc) is 2.29. The average molecular weight is 153 g/mol. The Morgan fingerprint density at radius 1 is 1.64 bits per heavy atom. The fraction of sp³-hybridized carbons (Fsp3) is 0.429. The van der Waals surface area contributed by atoms with E-state index in [0.29, 0.717) is 25.0 Å². The molecule has 2 aliphatic rings. The molecule has 0 saturated carbocycles. The molecule has 2 fully saturated rings. The van der Waals surface area contributed by atoms with Gasteiger partial charge < -0.3 is 4.74 Å². The minimum Gasteiger partial charge on any atom is -0.472 e. The summed E-state index contributed by atoms with van der Waals surface area (Å²) in [5.74, 6) is 0.695. The fourth-order valence-electron chi connectivity index (χ4n) is 1.27. The molecule has 2 saturated heterocycles. The van der Waals surface area contributed by atoms with Crippen LogP contribution in [0.2, 0.25) is 0 Å². The third kappa shape index (κ3) is 0.824.